The van der Waals surface area contributed by atoms with Crippen molar-refractivity contribution in [3.63, 3.8) is 0 Å². The van der Waals surface area contributed by atoms with Crippen LogP contribution in [0.5, 0.6) is 0 Å². The summed E-state index contributed by atoms with van der Waals surface area (Å²) in [5.41, 5.74) is 0.342. The average Bonchev–Trinajstić information content (AvgIpc) is 3.20. The highest BCUT2D eigenvalue weighted by molar-refractivity contribution is 7.07. The second kappa shape index (κ2) is 6.48. The predicted molar refractivity (Wildman–Crippen MR) is 82.6 cm³/mol. The molecule has 23 heavy (non-hydrogen) atoms. The number of carbonyl (C=O) groups is 1. The second-order valence-electron chi connectivity index (χ2n) is 4.65. The zero-order chi connectivity index (χ0) is 16.2. The molecule has 0 radical (unpaired) electrons. The minimum atomic E-state index is -0.256. The van der Waals surface area contributed by atoms with Gasteiger partial charge in [0.2, 0.25) is 0 Å². The Balaban J connectivity index is 1.66. The summed E-state index contributed by atoms with van der Waals surface area (Å²) in [6.45, 7) is 2.24. The van der Waals surface area contributed by atoms with Crippen molar-refractivity contribution in [3.8, 4) is 5.82 Å². The zero-order valence-electron chi connectivity index (χ0n) is 12.2. The smallest absolute Gasteiger partial charge is 0.266 e. The van der Waals surface area contributed by atoms with E-state index in [9.17, 15) is 9.59 Å². The van der Waals surface area contributed by atoms with E-state index in [1.54, 1.807) is 36.1 Å². The topological polar surface area (TPSA) is 108 Å². The molecule has 0 saturated heterocycles. The Morgan fingerprint density at radius 3 is 2.96 bits per heavy atom. The molecule has 3 heterocycles. The van der Waals surface area contributed by atoms with Crippen LogP contribution in [0.4, 0.5) is 0 Å². The van der Waals surface area contributed by atoms with Crippen molar-refractivity contribution in [1.82, 2.24) is 34.5 Å². The van der Waals surface area contributed by atoms with Gasteiger partial charge < -0.3 is 5.32 Å². The van der Waals surface area contributed by atoms with Gasteiger partial charge >= 0.3 is 0 Å². The van der Waals surface area contributed by atoms with Gasteiger partial charge in [-0.15, -0.1) is 10.2 Å². The summed E-state index contributed by atoms with van der Waals surface area (Å²) in [5.74, 6) is 0.275. The van der Waals surface area contributed by atoms with E-state index in [1.165, 1.54) is 10.7 Å². The molecule has 0 bridgehead atoms. The molecule has 0 unspecified atom stereocenters. The number of nitrogens with zero attached hydrogens (tertiary/aromatic N) is 6. The van der Waals surface area contributed by atoms with E-state index in [4.69, 9.17) is 0 Å². The van der Waals surface area contributed by atoms with Crippen LogP contribution in [-0.4, -0.2) is 41.6 Å². The highest BCUT2D eigenvalue weighted by Gasteiger charge is 2.12. The fourth-order valence-corrected chi connectivity index (χ4v) is 2.49. The maximum Gasteiger partial charge on any atom is 0.266 e. The van der Waals surface area contributed by atoms with E-state index < -0.39 is 0 Å². The van der Waals surface area contributed by atoms with Crippen molar-refractivity contribution < 1.29 is 4.79 Å². The van der Waals surface area contributed by atoms with Crippen LogP contribution >= 0.6 is 11.5 Å². The summed E-state index contributed by atoms with van der Waals surface area (Å²) in [6.07, 6.45) is 3.36. The predicted octanol–water partition coefficient (Wildman–Crippen LogP) is 0.0189. The maximum absolute atomic E-state index is 12.0. The molecule has 9 nitrogen and oxygen atoms in total. The average molecular weight is 331 g/mol. The lowest BCUT2D eigenvalue weighted by Gasteiger charge is -2.07. The van der Waals surface area contributed by atoms with E-state index in [0.717, 1.165) is 11.5 Å². The number of aryl methyl sites for hydroxylation is 1. The minimum Gasteiger partial charge on any atom is -0.349 e. The number of hydrogen-bond donors (Lipinski definition) is 1. The third kappa shape index (κ3) is 3.31. The molecule has 3 rings (SSSR count). The van der Waals surface area contributed by atoms with E-state index >= 15 is 0 Å². The number of carbonyl (C=O) groups excluding carboxylic acids is 1. The second-order valence-corrected chi connectivity index (χ2v) is 5.40. The quantitative estimate of drug-likeness (QED) is 0.706. The molecule has 0 saturated carbocycles. The normalized spacial score (nSPS) is 10.7. The highest BCUT2D eigenvalue weighted by Crippen LogP contribution is 2.08. The molecule has 1 amide bonds. The standard InChI is InChI=1S/C13H13N7O2S/c1-9-12(23-18-16-9)13(22)14-6-8-20-11(21)4-3-10(17-20)19-7-2-5-15-19/h2-5,7H,6,8H2,1H3,(H,14,22). The fraction of sp³-hybridized carbons (Fsp3) is 0.231. The van der Waals surface area contributed by atoms with E-state index in [2.05, 4.69) is 25.1 Å². The van der Waals surface area contributed by atoms with Crippen molar-refractivity contribution in [2.45, 2.75) is 13.5 Å². The first-order valence-corrected chi connectivity index (χ1v) is 7.58. The summed E-state index contributed by atoms with van der Waals surface area (Å²) >= 11 is 1.04. The van der Waals surface area contributed by atoms with E-state index in [-0.39, 0.29) is 24.6 Å². The number of aromatic nitrogens is 6. The Hall–Kier alpha value is -2.88. The zero-order valence-corrected chi connectivity index (χ0v) is 13.0. The van der Waals surface area contributed by atoms with Crippen LogP contribution in [0.2, 0.25) is 0 Å². The molecule has 0 aliphatic heterocycles. The van der Waals surface area contributed by atoms with Gasteiger partial charge in [-0.05, 0) is 30.6 Å². The Labute approximate surface area is 134 Å². The first-order chi connectivity index (χ1) is 11.1. The van der Waals surface area contributed by atoms with Gasteiger partial charge in [0.15, 0.2) is 5.82 Å². The molecule has 0 aliphatic rings. The van der Waals surface area contributed by atoms with Gasteiger partial charge in [-0.2, -0.15) is 5.10 Å². The summed E-state index contributed by atoms with van der Waals surface area (Å²) in [7, 11) is 0. The summed E-state index contributed by atoms with van der Waals surface area (Å²) < 4.78 is 6.56. The van der Waals surface area contributed by atoms with E-state index in [0.29, 0.717) is 16.4 Å². The van der Waals surface area contributed by atoms with E-state index in [1.807, 2.05) is 0 Å². The van der Waals surface area contributed by atoms with Crippen LogP contribution in [0.1, 0.15) is 15.4 Å². The first kappa shape index (κ1) is 15.0. The number of hydrogen-bond acceptors (Lipinski definition) is 7. The Morgan fingerprint density at radius 2 is 2.26 bits per heavy atom. The van der Waals surface area contributed by atoms with Crippen molar-refractivity contribution in [2.75, 3.05) is 6.54 Å². The molecule has 1 N–H and O–H groups in total. The number of amides is 1. The molecule has 0 aromatic carbocycles. The van der Waals surface area contributed by atoms with Gasteiger partial charge in [0.05, 0.1) is 12.2 Å². The molecule has 3 aromatic heterocycles. The van der Waals surface area contributed by atoms with Gasteiger partial charge in [0.25, 0.3) is 11.5 Å². The number of rotatable bonds is 5. The molecule has 118 valence electrons. The molecular weight excluding hydrogens is 318 g/mol. The van der Waals surface area contributed by atoms with Crippen LogP contribution in [0.3, 0.4) is 0 Å². The lowest BCUT2D eigenvalue weighted by molar-refractivity contribution is 0.0955. The van der Waals surface area contributed by atoms with Crippen LogP contribution in [0, 0.1) is 6.92 Å². The molecular formula is C13H13N7O2S. The number of nitrogens with one attached hydrogen (secondary N) is 1. The molecule has 3 aromatic rings. The van der Waals surface area contributed by atoms with Gasteiger partial charge in [-0.3, -0.25) is 9.59 Å². The third-order valence-corrected chi connectivity index (χ3v) is 3.89. The van der Waals surface area contributed by atoms with Crippen molar-refractivity contribution in [1.29, 1.82) is 0 Å². The van der Waals surface area contributed by atoms with Crippen LogP contribution in [-0.2, 0) is 6.54 Å². The largest absolute Gasteiger partial charge is 0.349 e. The first-order valence-electron chi connectivity index (χ1n) is 6.80. The van der Waals surface area contributed by atoms with Crippen molar-refractivity contribution in [2.24, 2.45) is 0 Å². The van der Waals surface area contributed by atoms with Gasteiger partial charge in [-0.25, -0.2) is 9.36 Å². The van der Waals surface area contributed by atoms with Crippen LogP contribution in [0.25, 0.3) is 5.82 Å². The minimum absolute atomic E-state index is 0.245. The fourth-order valence-electron chi connectivity index (χ4n) is 1.92. The maximum atomic E-state index is 12.0. The molecule has 0 fully saturated rings. The van der Waals surface area contributed by atoms with Crippen LogP contribution in [0.15, 0.2) is 35.4 Å². The summed E-state index contributed by atoms with van der Waals surface area (Å²) in [4.78, 5) is 24.3. The molecule has 0 atom stereocenters. The van der Waals surface area contributed by atoms with Crippen molar-refractivity contribution in [3.05, 3.63) is 51.5 Å². The van der Waals surface area contributed by atoms with Gasteiger partial charge in [0.1, 0.15) is 4.88 Å². The monoisotopic (exact) mass is 331 g/mol. The highest BCUT2D eigenvalue weighted by atomic mass is 32.1. The molecule has 10 heteroatoms. The Morgan fingerprint density at radius 1 is 1.39 bits per heavy atom. The Kier molecular flexibility index (Phi) is 4.24. The Bertz CT molecular complexity index is 869. The van der Waals surface area contributed by atoms with Crippen LogP contribution < -0.4 is 10.9 Å². The van der Waals surface area contributed by atoms with Crippen molar-refractivity contribution >= 4 is 17.4 Å². The lowest BCUT2D eigenvalue weighted by atomic mass is 10.4. The molecule has 0 aliphatic carbocycles. The lowest BCUT2D eigenvalue weighted by Crippen LogP contribution is -2.32. The van der Waals surface area contributed by atoms with Gasteiger partial charge in [0, 0.05) is 25.0 Å². The SMILES string of the molecule is Cc1nnsc1C(=O)NCCn1nc(-n2cccn2)ccc1=O. The van der Waals surface area contributed by atoms with Gasteiger partial charge in [-0.1, -0.05) is 4.49 Å². The summed E-state index contributed by atoms with van der Waals surface area (Å²) in [6, 6.07) is 4.78. The molecule has 0 spiro atoms. The summed E-state index contributed by atoms with van der Waals surface area (Å²) in [5, 5.41) is 14.8. The third-order valence-electron chi connectivity index (χ3n) is 3.06.